The van der Waals surface area contributed by atoms with Crippen molar-refractivity contribution in [2.24, 2.45) is 0 Å². The lowest BCUT2D eigenvalue weighted by Crippen LogP contribution is -2.48. The first-order chi connectivity index (χ1) is 10.6. The average molecular weight is 305 g/mol. The molecule has 2 aliphatic rings. The van der Waals surface area contributed by atoms with Crippen LogP contribution in [0.1, 0.15) is 44.1 Å². The van der Waals surface area contributed by atoms with Crippen LogP contribution in [0.3, 0.4) is 0 Å². The van der Waals surface area contributed by atoms with Gasteiger partial charge in [0.05, 0.1) is 12.2 Å². The molecule has 1 saturated carbocycles. The number of aryl methyl sites for hydroxylation is 2. The number of fused-ring (bicyclic) bond motifs is 1. The van der Waals surface area contributed by atoms with E-state index in [1.807, 2.05) is 6.20 Å². The predicted molar refractivity (Wildman–Crippen MR) is 81.2 cm³/mol. The number of carbonyl (C=O) groups is 2. The van der Waals surface area contributed by atoms with Crippen LogP contribution in [0, 0.1) is 0 Å². The lowest BCUT2D eigenvalue weighted by atomic mass is 10.2. The Morgan fingerprint density at radius 1 is 1.41 bits per heavy atom. The van der Waals surface area contributed by atoms with Crippen LogP contribution in [0.5, 0.6) is 0 Å². The summed E-state index contributed by atoms with van der Waals surface area (Å²) in [6, 6.07) is -0.572. The molecule has 0 bridgehead atoms. The number of aromatic nitrogens is 2. The van der Waals surface area contributed by atoms with Crippen LogP contribution in [-0.2, 0) is 24.3 Å². The highest BCUT2D eigenvalue weighted by atomic mass is 16.2. The fraction of sp³-hybridized carbons (Fsp3) is 0.667. The third-order valence-electron chi connectivity index (χ3n) is 4.05. The minimum Gasteiger partial charge on any atom is -0.352 e. The van der Waals surface area contributed by atoms with Crippen LogP contribution >= 0.6 is 0 Å². The number of hydrogen-bond donors (Lipinski definition) is 3. The Labute approximate surface area is 129 Å². The molecule has 1 unspecified atom stereocenters. The fourth-order valence-electron chi connectivity index (χ4n) is 2.59. The smallest absolute Gasteiger partial charge is 0.315 e. The topological polar surface area (TPSA) is 88.1 Å². The van der Waals surface area contributed by atoms with Crippen molar-refractivity contribution in [3.8, 4) is 0 Å². The largest absolute Gasteiger partial charge is 0.352 e. The highest BCUT2D eigenvalue weighted by Gasteiger charge is 2.26. The lowest BCUT2D eigenvalue weighted by Gasteiger charge is -2.14. The minimum atomic E-state index is -0.532. The molecule has 1 aliphatic heterocycles. The first-order valence-corrected chi connectivity index (χ1v) is 8.01. The molecule has 1 aromatic heterocycles. The Morgan fingerprint density at radius 3 is 2.95 bits per heavy atom. The van der Waals surface area contributed by atoms with E-state index in [-0.39, 0.29) is 11.9 Å². The van der Waals surface area contributed by atoms with Gasteiger partial charge in [0.15, 0.2) is 0 Å². The highest BCUT2D eigenvalue weighted by molar-refractivity contribution is 5.86. The third-order valence-corrected chi connectivity index (χ3v) is 4.05. The van der Waals surface area contributed by atoms with Crippen molar-refractivity contribution in [3.05, 3.63) is 17.7 Å². The van der Waals surface area contributed by atoms with E-state index in [1.54, 1.807) is 6.92 Å². The second kappa shape index (κ2) is 6.37. The summed E-state index contributed by atoms with van der Waals surface area (Å²) in [5.74, 6) is 0.968. The van der Waals surface area contributed by atoms with Crippen molar-refractivity contribution < 1.29 is 9.59 Å². The van der Waals surface area contributed by atoms with E-state index in [9.17, 15) is 9.59 Å². The standard InChI is InChI=1S/C15H23N5O2/c1-10(14(21)19-11-5-6-11)17-15(22)16-8-12-9-20-7-3-2-4-13(20)18-12/h9-11H,2-8H2,1H3,(H,19,21)(H2,16,17,22). The molecular weight excluding hydrogens is 282 g/mol. The van der Waals surface area contributed by atoms with Crippen molar-refractivity contribution >= 4 is 11.9 Å². The molecule has 120 valence electrons. The Morgan fingerprint density at radius 2 is 2.23 bits per heavy atom. The zero-order valence-electron chi connectivity index (χ0n) is 12.9. The third kappa shape index (κ3) is 3.78. The van der Waals surface area contributed by atoms with Crippen LogP contribution in [0.25, 0.3) is 0 Å². The normalized spacial score (nSPS) is 18.2. The number of imidazole rings is 1. The SMILES string of the molecule is CC(NC(=O)NCc1cn2c(n1)CCCC2)C(=O)NC1CC1. The molecule has 1 aliphatic carbocycles. The second-order valence-corrected chi connectivity index (χ2v) is 6.13. The molecular formula is C15H23N5O2. The number of carbonyl (C=O) groups excluding carboxylic acids is 2. The quantitative estimate of drug-likeness (QED) is 0.747. The van der Waals surface area contributed by atoms with Gasteiger partial charge in [0, 0.05) is 25.2 Å². The van der Waals surface area contributed by atoms with Crippen LogP contribution in [0.15, 0.2) is 6.20 Å². The fourth-order valence-corrected chi connectivity index (χ4v) is 2.59. The van der Waals surface area contributed by atoms with Gasteiger partial charge in [-0.25, -0.2) is 9.78 Å². The summed E-state index contributed by atoms with van der Waals surface area (Å²) in [4.78, 5) is 28.1. The van der Waals surface area contributed by atoms with Gasteiger partial charge in [0.1, 0.15) is 11.9 Å². The van der Waals surface area contributed by atoms with E-state index in [4.69, 9.17) is 0 Å². The van der Waals surface area contributed by atoms with E-state index in [0.717, 1.165) is 37.3 Å². The van der Waals surface area contributed by atoms with Crippen molar-refractivity contribution in [3.63, 3.8) is 0 Å². The van der Waals surface area contributed by atoms with E-state index >= 15 is 0 Å². The number of hydrogen-bond acceptors (Lipinski definition) is 3. The molecule has 0 radical (unpaired) electrons. The van der Waals surface area contributed by atoms with Gasteiger partial charge in [-0.2, -0.15) is 0 Å². The summed E-state index contributed by atoms with van der Waals surface area (Å²) in [7, 11) is 0. The van der Waals surface area contributed by atoms with Crippen molar-refractivity contribution in [2.45, 2.75) is 64.2 Å². The zero-order chi connectivity index (χ0) is 15.5. The maximum atomic E-state index is 11.8. The monoisotopic (exact) mass is 305 g/mol. The lowest BCUT2D eigenvalue weighted by molar-refractivity contribution is -0.122. The molecule has 22 heavy (non-hydrogen) atoms. The predicted octanol–water partition coefficient (Wildman–Crippen LogP) is 0.686. The van der Waals surface area contributed by atoms with Gasteiger partial charge in [0.25, 0.3) is 0 Å². The molecule has 7 nitrogen and oxygen atoms in total. The number of rotatable bonds is 5. The number of nitrogens with one attached hydrogen (secondary N) is 3. The first kappa shape index (κ1) is 14.9. The molecule has 3 N–H and O–H groups in total. The molecule has 1 atom stereocenters. The van der Waals surface area contributed by atoms with Crippen LogP contribution < -0.4 is 16.0 Å². The Bertz CT molecular complexity index is 541. The highest BCUT2D eigenvalue weighted by Crippen LogP contribution is 2.18. The zero-order valence-corrected chi connectivity index (χ0v) is 12.9. The molecule has 0 spiro atoms. The molecule has 2 heterocycles. The molecule has 7 heteroatoms. The van der Waals surface area contributed by atoms with Gasteiger partial charge < -0.3 is 20.5 Å². The molecule has 1 fully saturated rings. The van der Waals surface area contributed by atoms with Crippen molar-refractivity contribution in [1.29, 1.82) is 0 Å². The van der Waals surface area contributed by atoms with Crippen molar-refractivity contribution in [1.82, 2.24) is 25.5 Å². The average Bonchev–Trinajstić information content (AvgIpc) is 3.21. The van der Waals surface area contributed by atoms with E-state index < -0.39 is 6.04 Å². The van der Waals surface area contributed by atoms with Crippen molar-refractivity contribution in [2.75, 3.05) is 0 Å². The van der Waals surface area contributed by atoms with Crippen LogP contribution in [0.4, 0.5) is 4.79 Å². The minimum absolute atomic E-state index is 0.130. The summed E-state index contributed by atoms with van der Waals surface area (Å²) < 4.78 is 2.16. The molecule has 1 aromatic rings. The van der Waals surface area contributed by atoms with Crippen LogP contribution in [-0.4, -0.2) is 33.6 Å². The van der Waals surface area contributed by atoms with Gasteiger partial charge in [-0.3, -0.25) is 4.79 Å². The Balaban J connectivity index is 1.43. The summed E-state index contributed by atoms with van der Waals surface area (Å²) >= 11 is 0. The maximum Gasteiger partial charge on any atom is 0.315 e. The van der Waals surface area contributed by atoms with Crippen LogP contribution in [0.2, 0.25) is 0 Å². The van der Waals surface area contributed by atoms with E-state index in [2.05, 4.69) is 25.5 Å². The maximum absolute atomic E-state index is 11.8. The van der Waals surface area contributed by atoms with E-state index in [1.165, 1.54) is 12.8 Å². The summed E-state index contributed by atoms with van der Waals surface area (Å²) in [6.07, 6.45) is 7.44. The molecule has 0 aromatic carbocycles. The summed E-state index contributed by atoms with van der Waals surface area (Å²) in [6.45, 7) is 3.07. The Hall–Kier alpha value is -2.05. The van der Waals surface area contributed by atoms with Gasteiger partial charge in [-0.15, -0.1) is 0 Å². The van der Waals surface area contributed by atoms with Gasteiger partial charge >= 0.3 is 6.03 Å². The second-order valence-electron chi connectivity index (χ2n) is 6.13. The molecule has 0 saturated heterocycles. The first-order valence-electron chi connectivity index (χ1n) is 8.01. The molecule has 3 rings (SSSR count). The van der Waals surface area contributed by atoms with Gasteiger partial charge in [-0.05, 0) is 32.6 Å². The Kier molecular flexibility index (Phi) is 4.31. The number of urea groups is 1. The number of amides is 3. The molecule has 3 amide bonds. The van der Waals surface area contributed by atoms with Gasteiger partial charge in [0.2, 0.25) is 5.91 Å². The van der Waals surface area contributed by atoms with E-state index in [0.29, 0.717) is 12.6 Å². The summed E-state index contributed by atoms with van der Waals surface area (Å²) in [5.41, 5.74) is 0.863. The number of nitrogens with zero attached hydrogens (tertiary/aromatic N) is 2. The van der Waals surface area contributed by atoms with Gasteiger partial charge in [-0.1, -0.05) is 0 Å². The summed E-state index contributed by atoms with van der Waals surface area (Å²) in [5, 5.41) is 8.27.